The smallest absolute Gasteiger partial charge is 0.255 e. The summed E-state index contributed by atoms with van der Waals surface area (Å²) in [6, 6.07) is 5.63. The van der Waals surface area contributed by atoms with E-state index >= 15 is 0 Å². The summed E-state index contributed by atoms with van der Waals surface area (Å²) in [5.41, 5.74) is 1.57. The number of methoxy groups -OCH3 is 1. The maximum atomic E-state index is 12.3. The first-order chi connectivity index (χ1) is 9.72. The number of amides is 1. The summed E-state index contributed by atoms with van der Waals surface area (Å²) >= 11 is 0. The van der Waals surface area contributed by atoms with Crippen molar-refractivity contribution in [2.24, 2.45) is 5.92 Å². The molecule has 1 aromatic carbocycles. The number of carbonyl (C=O) groups is 1. The number of hydrogen-bond acceptors (Lipinski definition) is 3. The van der Waals surface area contributed by atoms with Gasteiger partial charge in [0.1, 0.15) is 5.75 Å². The van der Waals surface area contributed by atoms with Gasteiger partial charge < -0.3 is 14.8 Å². The van der Waals surface area contributed by atoms with Gasteiger partial charge in [-0.3, -0.25) is 4.79 Å². The highest BCUT2D eigenvalue weighted by Gasteiger charge is 2.17. The van der Waals surface area contributed by atoms with Crippen molar-refractivity contribution in [1.29, 1.82) is 0 Å². The fourth-order valence-electron chi connectivity index (χ4n) is 2.62. The summed E-state index contributed by atoms with van der Waals surface area (Å²) in [6.07, 6.45) is 3.30. The molecule has 1 aliphatic heterocycles. The van der Waals surface area contributed by atoms with Gasteiger partial charge in [0.25, 0.3) is 5.91 Å². The third kappa shape index (κ3) is 3.73. The summed E-state index contributed by atoms with van der Waals surface area (Å²) in [4.78, 5) is 12.3. The number of rotatable bonds is 5. The summed E-state index contributed by atoms with van der Waals surface area (Å²) < 4.78 is 10.7. The lowest BCUT2D eigenvalue weighted by atomic mass is 9.98. The number of hydrogen-bond donors (Lipinski definition) is 1. The Morgan fingerprint density at radius 2 is 2.35 bits per heavy atom. The first kappa shape index (κ1) is 14.9. The molecule has 1 amide bonds. The molecular weight excluding hydrogens is 254 g/mol. The fourth-order valence-corrected chi connectivity index (χ4v) is 2.62. The van der Waals surface area contributed by atoms with Gasteiger partial charge >= 0.3 is 0 Å². The zero-order valence-electron chi connectivity index (χ0n) is 12.3. The molecule has 1 fully saturated rings. The predicted molar refractivity (Wildman–Crippen MR) is 78.2 cm³/mol. The Bertz CT molecular complexity index is 453. The predicted octanol–water partition coefficient (Wildman–Crippen LogP) is 2.55. The van der Waals surface area contributed by atoms with Gasteiger partial charge in [-0.2, -0.15) is 0 Å². The van der Waals surface area contributed by atoms with Crippen LogP contribution < -0.4 is 10.1 Å². The van der Waals surface area contributed by atoms with E-state index in [1.54, 1.807) is 7.11 Å². The molecule has 0 aromatic heterocycles. The molecule has 1 saturated heterocycles. The lowest BCUT2D eigenvalue weighted by molar-refractivity contribution is 0.0514. The van der Waals surface area contributed by atoms with Crippen LogP contribution in [-0.4, -0.2) is 32.8 Å². The van der Waals surface area contributed by atoms with Crippen LogP contribution in [-0.2, 0) is 4.74 Å². The van der Waals surface area contributed by atoms with Crippen molar-refractivity contribution in [2.75, 3.05) is 26.9 Å². The second kappa shape index (κ2) is 7.29. The van der Waals surface area contributed by atoms with Gasteiger partial charge in [0.05, 0.1) is 12.7 Å². The lowest BCUT2D eigenvalue weighted by Crippen LogP contribution is -2.29. The molecule has 1 aromatic rings. The van der Waals surface area contributed by atoms with Gasteiger partial charge in [-0.15, -0.1) is 0 Å². The van der Waals surface area contributed by atoms with E-state index in [1.165, 1.54) is 6.42 Å². The van der Waals surface area contributed by atoms with Gasteiger partial charge in [-0.05, 0) is 43.7 Å². The summed E-state index contributed by atoms with van der Waals surface area (Å²) in [5, 5.41) is 2.99. The highest BCUT2D eigenvalue weighted by atomic mass is 16.5. The van der Waals surface area contributed by atoms with E-state index < -0.39 is 0 Å². The summed E-state index contributed by atoms with van der Waals surface area (Å²) in [5.74, 6) is 1.14. The Hall–Kier alpha value is -1.55. The number of nitrogens with one attached hydrogen (secondary N) is 1. The highest BCUT2D eigenvalue weighted by molar-refractivity contribution is 5.98. The molecular formula is C16H23NO3. The Morgan fingerprint density at radius 1 is 1.50 bits per heavy atom. The van der Waals surface area contributed by atoms with E-state index in [-0.39, 0.29) is 5.91 Å². The minimum Gasteiger partial charge on any atom is -0.496 e. The summed E-state index contributed by atoms with van der Waals surface area (Å²) in [6.45, 7) is 4.31. The lowest BCUT2D eigenvalue weighted by Gasteiger charge is -2.22. The molecule has 1 heterocycles. The Balaban J connectivity index is 1.88. The monoisotopic (exact) mass is 277 g/mol. The largest absolute Gasteiger partial charge is 0.496 e. The molecule has 1 N–H and O–H groups in total. The van der Waals surface area contributed by atoms with E-state index in [2.05, 4.69) is 5.32 Å². The molecule has 4 heteroatoms. The maximum Gasteiger partial charge on any atom is 0.255 e. The third-order valence-electron chi connectivity index (χ3n) is 3.77. The highest BCUT2D eigenvalue weighted by Crippen LogP contribution is 2.21. The van der Waals surface area contributed by atoms with Gasteiger partial charge in [-0.25, -0.2) is 0 Å². The van der Waals surface area contributed by atoms with E-state index in [9.17, 15) is 4.79 Å². The van der Waals surface area contributed by atoms with Crippen LogP contribution in [0.25, 0.3) is 0 Å². The standard InChI is InChI=1S/C16H23NO3/c1-12-5-3-7-14(19-2)15(12)16(18)17-9-8-13-6-4-10-20-11-13/h3,5,7,13H,4,6,8-11H2,1-2H3,(H,17,18). The topological polar surface area (TPSA) is 47.6 Å². The quantitative estimate of drug-likeness (QED) is 0.899. The molecule has 1 atom stereocenters. The molecule has 4 nitrogen and oxygen atoms in total. The average Bonchev–Trinajstić information content (AvgIpc) is 2.47. The molecule has 1 aliphatic rings. The van der Waals surface area contributed by atoms with Crippen LogP contribution in [0.5, 0.6) is 5.75 Å². The van der Waals surface area contributed by atoms with Crippen LogP contribution in [0.4, 0.5) is 0 Å². The second-order valence-electron chi connectivity index (χ2n) is 5.28. The molecule has 20 heavy (non-hydrogen) atoms. The van der Waals surface area contributed by atoms with Crippen molar-refractivity contribution in [3.63, 3.8) is 0 Å². The van der Waals surface area contributed by atoms with Crippen LogP contribution in [0.3, 0.4) is 0 Å². The van der Waals surface area contributed by atoms with E-state index in [4.69, 9.17) is 9.47 Å². The zero-order chi connectivity index (χ0) is 14.4. The van der Waals surface area contributed by atoms with Crippen molar-refractivity contribution >= 4 is 5.91 Å². The fraction of sp³-hybridized carbons (Fsp3) is 0.562. The summed E-state index contributed by atoms with van der Waals surface area (Å²) in [7, 11) is 1.59. The molecule has 0 radical (unpaired) electrons. The SMILES string of the molecule is COc1cccc(C)c1C(=O)NCCC1CCCOC1. The van der Waals surface area contributed by atoms with Gasteiger partial charge in [0.15, 0.2) is 0 Å². The number of aryl methyl sites for hydroxylation is 1. The first-order valence-corrected chi connectivity index (χ1v) is 7.22. The van der Waals surface area contributed by atoms with E-state index in [0.29, 0.717) is 23.8 Å². The van der Waals surface area contributed by atoms with Gasteiger partial charge in [0, 0.05) is 19.8 Å². The van der Waals surface area contributed by atoms with Crippen molar-refractivity contribution in [3.05, 3.63) is 29.3 Å². The zero-order valence-corrected chi connectivity index (χ0v) is 12.3. The Labute approximate surface area is 120 Å². The normalized spacial score (nSPS) is 18.6. The van der Waals surface area contributed by atoms with Crippen LogP contribution in [0.1, 0.15) is 35.2 Å². The molecule has 110 valence electrons. The minimum absolute atomic E-state index is 0.0586. The van der Waals surface area contributed by atoms with Crippen LogP contribution >= 0.6 is 0 Å². The van der Waals surface area contributed by atoms with Crippen molar-refractivity contribution in [2.45, 2.75) is 26.2 Å². The van der Waals surface area contributed by atoms with E-state index in [0.717, 1.165) is 31.6 Å². The van der Waals surface area contributed by atoms with Gasteiger partial charge in [0.2, 0.25) is 0 Å². The van der Waals surface area contributed by atoms with Crippen molar-refractivity contribution in [3.8, 4) is 5.75 Å². The maximum absolute atomic E-state index is 12.3. The average molecular weight is 277 g/mol. The first-order valence-electron chi connectivity index (χ1n) is 7.22. The van der Waals surface area contributed by atoms with Crippen LogP contribution in [0.2, 0.25) is 0 Å². The Morgan fingerprint density at radius 3 is 3.05 bits per heavy atom. The molecule has 2 rings (SSSR count). The molecule has 0 aliphatic carbocycles. The molecule has 0 spiro atoms. The van der Waals surface area contributed by atoms with Crippen LogP contribution in [0.15, 0.2) is 18.2 Å². The van der Waals surface area contributed by atoms with E-state index in [1.807, 2.05) is 25.1 Å². The van der Waals surface area contributed by atoms with Crippen molar-refractivity contribution in [1.82, 2.24) is 5.32 Å². The second-order valence-corrected chi connectivity index (χ2v) is 5.28. The minimum atomic E-state index is -0.0586. The molecule has 0 bridgehead atoms. The number of carbonyl (C=O) groups excluding carboxylic acids is 1. The third-order valence-corrected chi connectivity index (χ3v) is 3.77. The number of ether oxygens (including phenoxy) is 2. The number of benzene rings is 1. The molecule has 0 saturated carbocycles. The molecule has 1 unspecified atom stereocenters. The van der Waals surface area contributed by atoms with Gasteiger partial charge in [-0.1, -0.05) is 12.1 Å². The Kier molecular flexibility index (Phi) is 5.41. The van der Waals surface area contributed by atoms with Crippen molar-refractivity contribution < 1.29 is 14.3 Å². The van der Waals surface area contributed by atoms with Crippen LogP contribution in [0, 0.1) is 12.8 Å².